The molecule has 0 radical (unpaired) electrons. The Morgan fingerprint density at radius 3 is 2.29 bits per heavy atom. The van der Waals surface area contributed by atoms with Crippen LogP contribution >= 0.6 is 0 Å². The number of rotatable bonds is 5. The highest BCUT2D eigenvalue weighted by atomic mass is 32.2. The summed E-state index contributed by atoms with van der Waals surface area (Å²) in [7, 11) is -3.97. The van der Waals surface area contributed by atoms with Crippen LogP contribution in [0.15, 0.2) is 77.8 Å². The topological polar surface area (TPSA) is 84.8 Å². The summed E-state index contributed by atoms with van der Waals surface area (Å²) in [6.07, 6.45) is 1.91. The van der Waals surface area contributed by atoms with Crippen LogP contribution in [0.1, 0.15) is 27.0 Å². The fourth-order valence-corrected chi connectivity index (χ4v) is 5.46. The lowest BCUT2D eigenvalue weighted by Gasteiger charge is -2.06. The third-order valence-corrected chi connectivity index (χ3v) is 7.51. The minimum Gasteiger partial charge on any atom is -0.352 e. The van der Waals surface area contributed by atoms with Crippen molar-refractivity contribution in [3.63, 3.8) is 0 Å². The summed E-state index contributed by atoms with van der Waals surface area (Å²) in [6.45, 7) is 5.94. The summed E-state index contributed by atoms with van der Waals surface area (Å²) in [5.74, 6) is 0. The van der Waals surface area contributed by atoms with Crippen LogP contribution in [0.4, 0.5) is 0 Å². The number of aryl methyl sites for hydroxylation is 3. The van der Waals surface area contributed by atoms with Gasteiger partial charge in [-0.05, 0) is 50.1 Å². The Morgan fingerprint density at radius 1 is 0.912 bits per heavy atom. The Morgan fingerprint density at radius 2 is 1.62 bits per heavy atom. The maximum atomic E-state index is 13.3. The second-order valence-corrected chi connectivity index (χ2v) is 10.3. The van der Waals surface area contributed by atoms with Crippen LogP contribution in [-0.4, -0.2) is 28.9 Å². The zero-order chi connectivity index (χ0) is 24.0. The number of fused-ring (bicyclic) bond motifs is 1. The van der Waals surface area contributed by atoms with E-state index < -0.39 is 10.0 Å². The van der Waals surface area contributed by atoms with E-state index in [1.54, 1.807) is 12.1 Å². The number of carbonyl (C=O) groups is 1. The molecule has 0 bridgehead atoms. The number of benzene rings is 3. The van der Waals surface area contributed by atoms with Crippen molar-refractivity contribution in [2.45, 2.75) is 25.7 Å². The van der Waals surface area contributed by atoms with Gasteiger partial charge in [0.25, 0.3) is 10.0 Å². The van der Waals surface area contributed by atoms with Crippen molar-refractivity contribution in [3.8, 4) is 22.5 Å². The number of hydrogen-bond acceptors (Lipinski definition) is 4. The van der Waals surface area contributed by atoms with Gasteiger partial charge in [0.05, 0.1) is 22.3 Å². The first-order valence-corrected chi connectivity index (χ1v) is 12.3. The van der Waals surface area contributed by atoms with Gasteiger partial charge in [-0.1, -0.05) is 59.7 Å². The lowest BCUT2D eigenvalue weighted by atomic mass is 9.98. The molecule has 6 nitrogen and oxygen atoms in total. The molecule has 0 saturated heterocycles. The fraction of sp³-hybridized carbons (Fsp3) is 0.111. The van der Waals surface area contributed by atoms with Crippen molar-refractivity contribution in [1.29, 1.82) is 0 Å². The first kappa shape index (κ1) is 21.9. The number of aldehydes is 1. The van der Waals surface area contributed by atoms with Crippen molar-refractivity contribution < 1.29 is 13.2 Å². The normalized spacial score (nSPS) is 11.7. The average Bonchev–Trinajstić information content (AvgIpc) is 3.42. The molecule has 0 atom stereocenters. The van der Waals surface area contributed by atoms with E-state index in [0.29, 0.717) is 12.0 Å². The highest BCUT2D eigenvalue weighted by Gasteiger charge is 2.25. The molecular weight excluding hydrogens is 446 g/mol. The van der Waals surface area contributed by atoms with Gasteiger partial charge in [0, 0.05) is 16.5 Å². The zero-order valence-corrected chi connectivity index (χ0v) is 19.8. The van der Waals surface area contributed by atoms with Gasteiger partial charge in [-0.15, -0.1) is 0 Å². The lowest BCUT2D eigenvalue weighted by molar-refractivity contribution is 0.112. The van der Waals surface area contributed by atoms with Gasteiger partial charge < -0.3 is 4.98 Å². The fourth-order valence-electron chi connectivity index (χ4n) is 4.32. The van der Waals surface area contributed by atoms with Crippen molar-refractivity contribution in [2.24, 2.45) is 0 Å². The van der Waals surface area contributed by atoms with Gasteiger partial charge in [-0.2, -0.15) is 17.6 Å². The number of nitrogens with zero attached hydrogens (tertiary/aromatic N) is 2. The van der Waals surface area contributed by atoms with Gasteiger partial charge in [0.2, 0.25) is 0 Å². The molecule has 0 saturated carbocycles. The Bertz CT molecular complexity index is 1650. The second-order valence-electron chi connectivity index (χ2n) is 8.49. The van der Waals surface area contributed by atoms with E-state index >= 15 is 0 Å². The standard InChI is InChI=1S/C27H23N3O3S/c1-17-9-11-22(12-10-17)34(32,33)30-15-21(16-31)26(29-30)27-24(20-7-5-4-6-8-20)23-14-18(2)13-19(3)25(23)28-27/h4-16,28H,1-3H3. The predicted octanol–water partition coefficient (Wildman–Crippen LogP) is 5.67. The molecule has 1 N–H and O–H groups in total. The summed E-state index contributed by atoms with van der Waals surface area (Å²) in [4.78, 5) is 15.6. The van der Waals surface area contributed by atoms with Gasteiger partial charge in [0.1, 0.15) is 5.69 Å². The largest absolute Gasteiger partial charge is 0.352 e. The SMILES string of the molecule is Cc1ccc(S(=O)(=O)n2cc(C=O)c(-c3[nH]c4c(C)cc(C)cc4c3-c3ccccc3)n2)cc1. The molecule has 0 fully saturated rings. The maximum absolute atomic E-state index is 13.3. The summed E-state index contributed by atoms with van der Waals surface area (Å²) >= 11 is 0. The Labute approximate surface area is 197 Å². The van der Waals surface area contributed by atoms with Crippen LogP contribution in [0.25, 0.3) is 33.4 Å². The Kier molecular flexibility index (Phi) is 5.21. The van der Waals surface area contributed by atoms with Crippen molar-refractivity contribution >= 4 is 27.2 Å². The molecule has 0 aliphatic carbocycles. The number of aromatic nitrogens is 3. The van der Waals surface area contributed by atoms with Gasteiger partial charge in [-0.3, -0.25) is 4.79 Å². The minimum atomic E-state index is -3.97. The van der Waals surface area contributed by atoms with Crippen molar-refractivity contribution in [1.82, 2.24) is 14.2 Å². The van der Waals surface area contributed by atoms with E-state index in [0.717, 1.165) is 42.8 Å². The molecule has 0 amide bonds. The number of H-pyrrole nitrogens is 1. The molecule has 0 unspecified atom stereocenters. The Hall–Kier alpha value is -3.97. The average molecular weight is 470 g/mol. The van der Waals surface area contributed by atoms with Crippen LogP contribution in [0.2, 0.25) is 0 Å². The number of aromatic amines is 1. The van der Waals surface area contributed by atoms with Crippen LogP contribution in [0.5, 0.6) is 0 Å². The van der Waals surface area contributed by atoms with Crippen molar-refractivity contribution in [2.75, 3.05) is 0 Å². The predicted molar refractivity (Wildman–Crippen MR) is 134 cm³/mol. The monoisotopic (exact) mass is 469 g/mol. The number of nitrogens with one attached hydrogen (secondary N) is 1. The highest BCUT2D eigenvalue weighted by Crippen LogP contribution is 2.40. The molecule has 5 aromatic rings. The molecule has 0 spiro atoms. The third-order valence-electron chi connectivity index (χ3n) is 5.96. The summed E-state index contributed by atoms with van der Waals surface area (Å²) in [5, 5.41) is 5.41. The first-order chi connectivity index (χ1) is 16.3. The highest BCUT2D eigenvalue weighted by molar-refractivity contribution is 7.89. The molecule has 170 valence electrons. The van der Waals surface area contributed by atoms with Crippen molar-refractivity contribution in [3.05, 3.63) is 95.2 Å². The van der Waals surface area contributed by atoms with Crippen LogP contribution in [0, 0.1) is 20.8 Å². The molecule has 0 aliphatic rings. The smallest absolute Gasteiger partial charge is 0.282 e. The van der Waals surface area contributed by atoms with Crippen LogP contribution in [-0.2, 0) is 10.0 Å². The summed E-state index contributed by atoms with van der Waals surface area (Å²) in [5.41, 5.74) is 6.94. The number of carbonyl (C=O) groups excluding carboxylic acids is 1. The second kappa shape index (κ2) is 8.11. The number of hydrogen-bond donors (Lipinski definition) is 1. The van der Waals surface area contributed by atoms with E-state index in [2.05, 4.69) is 22.2 Å². The minimum absolute atomic E-state index is 0.107. The van der Waals surface area contributed by atoms with E-state index in [1.165, 1.54) is 18.3 Å². The molecule has 5 rings (SSSR count). The van der Waals surface area contributed by atoms with E-state index in [1.807, 2.05) is 51.1 Å². The molecule has 2 aromatic heterocycles. The molecule has 7 heteroatoms. The van der Waals surface area contributed by atoms with Gasteiger partial charge >= 0.3 is 0 Å². The van der Waals surface area contributed by atoms with E-state index in [-0.39, 0.29) is 16.2 Å². The molecular formula is C27H23N3O3S. The van der Waals surface area contributed by atoms with E-state index in [9.17, 15) is 13.2 Å². The molecule has 34 heavy (non-hydrogen) atoms. The zero-order valence-electron chi connectivity index (χ0n) is 19.0. The van der Waals surface area contributed by atoms with Gasteiger partial charge in [-0.25, -0.2) is 0 Å². The Balaban J connectivity index is 1.78. The van der Waals surface area contributed by atoms with Crippen LogP contribution in [0.3, 0.4) is 0 Å². The summed E-state index contributed by atoms with van der Waals surface area (Å²) in [6, 6.07) is 20.5. The summed E-state index contributed by atoms with van der Waals surface area (Å²) < 4.78 is 27.4. The van der Waals surface area contributed by atoms with Crippen LogP contribution < -0.4 is 0 Å². The maximum Gasteiger partial charge on any atom is 0.282 e. The molecule has 2 heterocycles. The molecule has 0 aliphatic heterocycles. The van der Waals surface area contributed by atoms with Gasteiger partial charge in [0.15, 0.2) is 6.29 Å². The van der Waals surface area contributed by atoms with E-state index in [4.69, 9.17) is 0 Å². The third kappa shape index (κ3) is 3.54. The lowest BCUT2D eigenvalue weighted by Crippen LogP contribution is -2.13. The first-order valence-electron chi connectivity index (χ1n) is 10.9. The quantitative estimate of drug-likeness (QED) is 0.336. The molecule has 3 aromatic carbocycles.